The third-order valence-electron chi connectivity index (χ3n) is 4.63. The molecule has 0 aliphatic heterocycles. The number of hydrogen-bond acceptors (Lipinski definition) is 4. The van der Waals surface area contributed by atoms with Crippen molar-refractivity contribution in [1.82, 2.24) is 4.72 Å². The Kier molecular flexibility index (Phi) is 4.39. The molecule has 0 saturated heterocycles. The molecule has 0 unspecified atom stereocenters. The van der Waals surface area contributed by atoms with Gasteiger partial charge in [0.2, 0.25) is 10.0 Å². The van der Waals surface area contributed by atoms with Crippen molar-refractivity contribution in [2.75, 3.05) is 5.32 Å². The fourth-order valence-corrected chi connectivity index (χ4v) is 5.52. The molecular weight excluding hydrogens is 356 g/mol. The maximum atomic E-state index is 12.5. The van der Waals surface area contributed by atoms with E-state index in [2.05, 4.69) is 10.0 Å². The Morgan fingerprint density at radius 1 is 1.08 bits per heavy atom. The normalized spacial score (nSPS) is 17.1. The molecule has 0 spiro atoms. The van der Waals surface area contributed by atoms with Gasteiger partial charge in [-0.1, -0.05) is 0 Å². The van der Waals surface area contributed by atoms with Gasteiger partial charge < -0.3 is 5.32 Å². The molecule has 132 valence electrons. The van der Waals surface area contributed by atoms with Gasteiger partial charge in [-0.2, -0.15) is 0 Å². The first kappa shape index (κ1) is 16.8. The van der Waals surface area contributed by atoms with Gasteiger partial charge in [0, 0.05) is 22.0 Å². The van der Waals surface area contributed by atoms with Crippen LogP contribution in [0.2, 0.25) is 0 Å². The number of amides is 1. The Hall–Kier alpha value is -1.70. The van der Waals surface area contributed by atoms with Gasteiger partial charge in [-0.15, -0.1) is 11.3 Å². The van der Waals surface area contributed by atoms with Crippen LogP contribution in [0.3, 0.4) is 0 Å². The van der Waals surface area contributed by atoms with Crippen LogP contribution in [0.5, 0.6) is 0 Å². The maximum absolute atomic E-state index is 12.5. The fourth-order valence-electron chi connectivity index (χ4n) is 3.09. The van der Waals surface area contributed by atoms with Crippen molar-refractivity contribution in [2.45, 2.75) is 49.5 Å². The monoisotopic (exact) mass is 376 g/mol. The molecule has 5 nitrogen and oxygen atoms in total. The van der Waals surface area contributed by atoms with E-state index in [1.165, 1.54) is 29.0 Å². The summed E-state index contributed by atoms with van der Waals surface area (Å²) >= 11 is 1.66. The summed E-state index contributed by atoms with van der Waals surface area (Å²) in [5, 5.41) is 4.81. The van der Waals surface area contributed by atoms with E-state index in [4.69, 9.17) is 0 Å². The zero-order chi connectivity index (χ0) is 17.4. The SMILES string of the molecule is O=C(Nc1ccc(S(=O)(=O)NC2CC2)cc1)c1csc2c1CCCC2. The van der Waals surface area contributed by atoms with Crippen molar-refractivity contribution >= 4 is 33.0 Å². The minimum absolute atomic E-state index is 0.0779. The predicted octanol–water partition coefficient (Wildman–Crippen LogP) is 3.32. The Morgan fingerprint density at radius 3 is 2.52 bits per heavy atom. The standard InChI is InChI=1S/C18H20N2O3S2/c21-18(16-11-24-17-4-2-1-3-15(16)17)19-12-7-9-14(10-8-12)25(22,23)20-13-5-6-13/h7-11,13,20H,1-6H2,(H,19,21). The van der Waals surface area contributed by atoms with Crippen LogP contribution in [0.25, 0.3) is 0 Å². The highest BCUT2D eigenvalue weighted by Gasteiger charge is 2.28. The van der Waals surface area contributed by atoms with Crippen LogP contribution in [0.1, 0.15) is 46.5 Å². The van der Waals surface area contributed by atoms with Crippen LogP contribution in [0.4, 0.5) is 5.69 Å². The Balaban J connectivity index is 1.47. The topological polar surface area (TPSA) is 75.3 Å². The van der Waals surface area contributed by atoms with Crippen molar-refractivity contribution in [3.8, 4) is 0 Å². The highest BCUT2D eigenvalue weighted by atomic mass is 32.2. The highest BCUT2D eigenvalue weighted by molar-refractivity contribution is 7.89. The van der Waals surface area contributed by atoms with Crippen molar-refractivity contribution in [1.29, 1.82) is 0 Å². The number of aryl methyl sites for hydroxylation is 1. The van der Waals surface area contributed by atoms with Gasteiger partial charge in [0.1, 0.15) is 0 Å². The van der Waals surface area contributed by atoms with Crippen molar-refractivity contribution in [2.24, 2.45) is 0 Å². The summed E-state index contributed by atoms with van der Waals surface area (Å²) in [5.74, 6) is -0.119. The number of fused-ring (bicyclic) bond motifs is 1. The number of anilines is 1. The van der Waals surface area contributed by atoms with Crippen molar-refractivity contribution in [3.63, 3.8) is 0 Å². The van der Waals surface area contributed by atoms with Crippen LogP contribution >= 0.6 is 11.3 Å². The van der Waals surface area contributed by atoms with Gasteiger partial charge in [0.15, 0.2) is 0 Å². The lowest BCUT2D eigenvalue weighted by atomic mass is 9.95. The second-order valence-electron chi connectivity index (χ2n) is 6.63. The lowest BCUT2D eigenvalue weighted by Crippen LogP contribution is -2.25. The molecule has 2 aromatic rings. The molecule has 1 heterocycles. The molecule has 2 aliphatic carbocycles. The van der Waals surface area contributed by atoms with Crippen LogP contribution in [0, 0.1) is 0 Å². The summed E-state index contributed by atoms with van der Waals surface area (Å²) in [6.45, 7) is 0. The molecule has 7 heteroatoms. The van der Waals surface area contributed by atoms with Gasteiger partial charge >= 0.3 is 0 Å². The van der Waals surface area contributed by atoms with Crippen molar-refractivity contribution < 1.29 is 13.2 Å². The number of benzene rings is 1. The minimum Gasteiger partial charge on any atom is -0.322 e. The maximum Gasteiger partial charge on any atom is 0.256 e. The number of sulfonamides is 1. The molecule has 2 N–H and O–H groups in total. The molecule has 1 aromatic carbocycles. The molecule has 0 atom stereocenters. The molecule has 1 saturated carbocycles. The van der Waals surface area contributed by atoms with E-state index < -0.39 is 10.0 Å². The third kappa shape index (κ3) is 3.63. The van der Waals surface area contributed by atoms with Crippen LogP contribution in [-0.2, 0) is 22.9 Å². The molecule has 0 bridgehead atoms. The number of carbonyl (C=O) groups is 1. The summed E-state index contributed by atoms with van der Waals surface area (Å²) < 4.78 is 27.0. The molecule has 4 rings (SSSR count). The van der Waals surface area contributed by atoms with E-state index in [1.807, 2.05) is 5.38 Å². The summed E-state index contributed by atoms with van der Waals surface area (Å²) in [4.78, 5) is 14.1. The molecule has 25 heavy (non-hydrogen) atoms. The number of carbonyl (C=O) groups excluding carboxylic acids is 1. The second kappa shape index (κ2) is 6.55. The first-order valence-corrected chi connectivity index (χ1v) is 10.9. The number of thiophene rings is 1. The van der Waals surface area contributed by atoms with Crippen molar-refractivity contribution in [3.05, 3.63) is 45.6 Å². The first-order chi connectivity index (χ1) is 12.0. The predicted molar refractivity (Wildman–Crippen MR) is 98.7 cm³/mol. The van der Waals surface area contributed by atoms with Crippen LogP contribution in [0.15, 0.2) is 34.5 Å². The number of hydrogen-bond donors (Lipinski definition) is 2. The summed E-state index contributed by atoms with van der Waals surface area (Å²) in [7, 11) is -3.46. The lowest BCUT2D eigenvalue weighted by molar-refractivity contribution is 0.102. The average Bonchev–Trinajstić information content (AvgIpc) is 3.29. The van der Waals surface area contributed by atoms with E-state index in [0.717, 1.165) is 37.7 Å². The lowest BCUT2D eigenvalue weighted by Gasteiger charge is -2.13. The first-order valence-electron chi connectivity index (χ1n) is 8.56. The Labute approximate surface area is 151 Å². The molecule has 1 aromatic heterocycles. The van der Waals surface area contributed by atoms with Crippen LogP contribution < -0.4 is 10.0 Å². The zero-order valence-electron chi connectivity index (χ0n) is 13.7. The third-order valence-corrected chi connectivity index (χ3v) is 7.25. The van der Waals surface area contributed by atoms with Gasteiger partial charge in [0.05, 0.1) is 10.5 Å². The van der Waals surface area contributed by atoms with Gasteiger partial charge in [-0.3, -0.25) is 4.79 Å². The Morgan fingerprint density at radius 2 is 1.80 bits per heavy atom. The van der Waals surface area contributed by atoms with E-state index in [-0.39, 0.29) is 16.8 Å². The second-order valence-corrected chi connectivity index (χ2v) is 9.31. The van der Waals surface area contributed by atoms with E-state index in [0.29, 0.717) is 5.69 Å². The van der Waals surface area contributed by atoms with Crippen LogP contribution in [-0.4, -0.2) is 20.4 Å². The number of rotatable bonds is 5. The fraction of sp³-hybridized carbons (Fsp3) is 0.389. The van der Waals surface area contributed by atoms with E-state index in [9.17, 15) is 13.2 Å². The minimum atomic E-state index is -3.46. The Bertz CT molecular complexity index is 897. The van der Waals surface area contributed by atoms with E-state index in [1.54, 1.807) is 23.5 Å². The van der Waals surface area contributed by atoms with Gasteiger partial charge in [-0.05, 0) is 68.4 Å². The average molecular weight is 377 g/mol. The zero-order valence-corrected chi connectivity index (χ0v) is 15.4. The molecule has 0 radical (unpaired) electrons. The summed E-state index contributed by atoms with van der Waals surface area (Å²) in [6, 6.07) is 6.41. The molecular formula is C18H20N2O3S2. The molecule has 2 aliphatic rings. The summed E-state index contributed by atoms with van der Waals surface area (Å²) in [5.41, 5.74) is 2.54. The number of nitrogens with one attached hydrogen (secondary N) is 2. The highest BCUT2D eigenvalue weighted by Crippen LogP contribution is 2.30. The molecule has 1 fully saturated rings. The quantitative estimate of drug-likeness (QED) is 0.840. The smallest absolute Gasteiger partial charge is 0.256 e. The molecule has 1 amide bonds. The largest absolute Gasteiger partial charge is 0.322 e. The van der Waals surface area contributed by atoms with Gasteiger partial charge in [0.25, 0.3) is 5.91 Å². The summed E-state index contributed by atoms with van der Waals surface area (Å²) in [6.07, 6.45) is 6.15. The van der Waals surface area contributed by atoms with Gasteiger partial charge in [-0.25, -0.2) is 13.1 Å². The van der Waals surface area contributed by atoms with E-state index >= 15 is 0 Å².